The normalized spacial score (nSPS) is 27.5. The molecule has 7 rings (SSSR count). The highest BCUT2D eigenvalue weighted by Crippen LogP contribution is 2.50. The van der Waals surface area contributed by atoms with Gasteiger partial charge in [-0.15, -0.1) is 0 Å². The van der Waals surface area contributed by atoms with Crippen molar-refractivity contribution in [2.45, 2.75) is 233 Å². The van der Waals surface area contributed by atoms with Crippen LogP contribution in [0.1, 0.15) is 160 Å². The second kappa shape index (κ2) is 38.0. The van der Waals surface area contributed by atoms with Gasteiger partial charge in [-0.2, -0.15) is 0 Å². The minimum atomic E-state index is -3.84. The number of hydrogen-bond acceptors (Lipinski definition) is 20. The van der Waals surface area contributed by atoms with E-state index in [9.17, 15) is 53.2 Å². The van der Waals surface area contributed by atoms with Gasteiger partial charge in [0.15, 0.2) is 0 Å². The number of ether oxygens (including phenoxy) is 7. The predicted octanol–water partition coefficient (Wildman–Crippen LogP) is 11.7. The molecular weight excluding hydrogens is 1290 g/mol. The van der Waals surface area contributed by atoms with Crippen LogP contribution in [-0.2, 0) is 71.1 Å². The average molecular weight is 1400 g/mol. The topological polar surface area (TPSA) is 325 Å². The van der Waals surface area contributed by atoms with Gasteiger partial charge in [0.1, 0.15) is 54.6 Å². The molecule has 1 fully saturated rings. The Kier molecular flexibility index (Phi) is 31.3. The van der Waals surface area contributed by atoms with E-state index in [4.69, 9.17) is 47.3 Å². The molecule has 0 bridgehead atoms. The molecule has 23 nitrogen and oxygen atoms in total. The lowest BCUT2D eigenvalue weighted by molar-refractivity contribution is -0.163. The fraction of sp³-hybridized carbons (Fsp3) is 0.639. The van der Waals surface area contributed by atoms with E-state index < -0.39 is 94.2 Å². The summed E-state index contributed by atoms with van der Waals surface area (Å²) in [7, 11) is -7.66. The number of aliphatic hydroxyl groups excluding tert-OH is 3. The standard InChI is InChI=1S/C36H54NO11P.C36H52NO10P/c1-7-23(4)35(42)47-32-20-30(17-26-14-13-24(5)31(34(26)32)16-15-27(38)18-28(39)19-33(40)41)45-21-49(44,48-29-11-9-8-10-12-29)37-25(6)36(43)46-22(2)3;1-7-23(4)35(40)46-32-20-30(17-26-14-13-24(5)31(34(26)32)16-15-29-18-27(38)19-33(39)45-29)43-21-48(42,47-28-11-9-8-10-12-28)37-25(6)36(41)44-22(2)3/h8-14,17,22-25,27-28,30-32,34,38-39H,7,15-16,18-21H2,1-6H3,(H,37,44)(H,40,41);8-14,17,22-25,27,29-32,34,38H,7,15-16,18-21H2,1-6H3,(H,37,42)/t23-,24-,25-,27+,28+,30+,31-,32-,34-,49?;23-,24-,25-,27+,29+,30+,31-,32-,34-,48?/m00/s1. The Morgan fingerprint density at radius 2 is 1.04 bits per heavy atom. The highest BCUT2D eigenvalue weighted by molar-refractivity contribution is 7.57. The summed E-state index contributed by atoms with van der Waals surface area (Å²) in [5.41, 5.74) is 1.85. The SMILES string of the molecule is CC[C@H](C)C(=O)O[C@H]1C[C@H](OCP(=O)(N[C@@H](C)C(=O)OC(C)C)Oc2ccccc2)C=C2C=C[C@H](C)[C@H](CC[C@@H](O)C[C@@H](O)CC(=O)O)[C@H]21.CC[C@H](C)C(=O)O[C@H]1C[C@H](OCP(=O)(N[C@@H](C)C(=O)OC(C)C)Oc2ccccc2)C=C2C=C[C@H](C)[C@H](CC[C@@H]3C[C@@H](O)CC(=O)O3)[C@H]21. The van der Waals surface area contributed by atoms with Gasteiger partial charge in [0.2, 0.25) is 0 Å². The van der Waals surface area contributed by atoms with E-state index in [-0.39, 0.29) is 116 Å². The number of benzene rings is 2. The van der Waals surface area contributed by atoms with E-state index in [0.29, 0.717) is 62.9 Å². The van der Waals surface area contributed by atoms with E-state index in [2.05, 4.69) is 36.2 Å². The summed E-state index contributed by atoms with van der Waals surface area (Å²) in [5, 5.41) is 45.4. The highest BCUT2D eigenvalue weighted by atomic mass is 31.2. The number of esters is 5. The molecule has 6 N–H and O–H groups in total. The van der Waals surface area contributed by atoms with Gasteiger partial charge in [-0.3, -0.25) is 37.9 Å². The molecular formula is C72H106N2O21P2. The molecule has 4 aliphatic carbocycles. The first-order valence-corrected chi connectivity index (χ1v) is 38.0. The number of rotatable bonds is 34. The maximum Gasteiger partial charge on any atom is 0.342 e. The third kappa shape index (κ3) is 25.3. The van der Waals surface area contributed by atoms with Crippen LogP contribution in [0, 0.1) is 47.3 Å². The maximum absolute atomic E-state index is 14.2. The largest absolute Gasteiger partial charge is 0.481 e. The van der Waals surface area contributed by atoms with Gasteiger partial charge in [0, 0.05) is 31.1 Å². The van der Waals surface area contributed by atoms with Crippen LogP contribution in [0.4, 0.5) is 0 Å². The van der Waals surface area contributed by atoms with Crippen LogP contribution in [0.15, 0.2) is 108 Å². The predicted molar refractivity (Wildman–Crippen MR) is 364 cm³/mol. The van der Waals surface area contributed by atoms with E-state index in [1.54, 1.807) is 96.1 Å². The fourth-order valence-corrected chi connectivity index (χ4v) is 16.2. The van der Waals surface area contributed by atoms with Crippen molar-refractivity contribution in [3.63, 3.8) is 0 Å². The molecule has 25 heteroatoms. The summed E-state index contributed by atoms with van der Waals surface area (Å²) in [6.45, 7) is 21.7. The summed E-state index contributed by atoms with van der Waals surface area (Å²) in [5.74, 6) is -3.24. The lowest BCUT2D eigenvalue weighted by atomic mass is 9.66. The summed E-state index contributed by atoms with van der Waals surface area (Å²) >= 11 is 0. The number of cyclic esters (lactones) is 1. The van der Waals surface area contributed by atoms with E-state index in [1.165, 1.54) is 0 Å². The molecule has 1 saturated heterocycles. The fourth-order valence-electron chi connectivity index (χ4n) is 12.8. The van der Waals surface area contributed by atoms with Crippen LogP contribution in [0.5, 0.6) is 11.5 Å². The van der Waals surface area contributed by atoms with Crippen LogP contribution in [-0.4, -0.2) is 142 Å². The van der Waals surface area contributed by atoms with Gasteiger partial charge in [0.25, 0.3) is 0 Å². The Hall–Kier alpha value is -6.00. The van der Waals surface area contributed by atoms with Crippen LogP contribution in [0.25, 0.3) is 0 Å². The number of carbonyl (C=O) groups is 6. The van der Waals surface area contributed by atoms with Gasteiger partial charge < -0.3 is 62.6 Å². The summed E-state index contributed by atoms with van der Waals surface area (Å²) in [6.07, 6.45) is 9.26. The molecule has 1 heterocycles. The summed E-state index contributed by atoms with van der Waals surface area (Å²) in [6, 6.07) is 15.4. The van der Waals surface area contributed by atoms with Gasteiger partial charge in [0.05, 0.1) is 67.4 Å². The molecule has 540 valence electrons. The van der Waals surface area contributed by atoms with Gasteiger partial charge in [-0.1, -0.05) is 114 Å². The molecule has 2 aromatic carbocycles. The molecule has 20 atom stereocenters. The first-order valence-electron chi connectivity index (χ1n) is 34.4. The highest BCUT2D eigenvalue weighted by Gasteiger charge is 2.46. The number of carboxylic acids is 1. The van der Waals surface area contributed by atoms with Gasteiger partial charge >= 0.3 is 50.9 Å². The Labute approximate surface area is 572 Å². The molecule has 2 unspecified atom stereocenters. The smallest absolute Gasteiger partial charge is 0.342 e. The van der Waals surface area contributed by atoms with Crippen LogP contribution in [0.3, 0.4) is 0 Å². The maximum atomic E-state index is 14.2. The van der Waals surface area contributed by atoms with Crippen molar-refractivity contribution >= 4 is 50.9 Å². The van der Waals surface area contributed by atoms with Crippen LogP contribution in [0.2, 0.25) is 0 Å². The first-order chi connectivity index (χ1) is 45.9. The molecule has 0 radical (unpaired) electrons. The number of aliphatic hydroxyl groups is 3. The zero-order chi connectivity index (χ0) is 71.3. The van der Waals surface area contributed by atoms with E-state index >= 15 is 0 Å². The number of carboxylic acid groups (broad SMARTS) is 1. The second-order valence-corrected chi connectivity index (χ2v) is 31.3. The van der Waals surface area contributed by atoms with Crippen molar-refractivity contribution in [3.8, 4) is 11.5 Å². The third-order valence-electron chi connectivity index (χ3n) is 18.2. The van der Waals surface area contributed by atoms with Crippen molar-refractivity contribution in [1.82, 2.24) is 10.2 Å². The van der Waals surface area contributed by atoms with Gasteiger partial charge in [-0.05, 0) is 146 Å². The zero-order valence-electron chi connectivity index (χ0n) is 58.3. The molecule has 0 aromatic heterocycles. The minimum Gasteiger partial charge on any atom is -0.481 e. The monoisotopic (exact) mass is 1400 g/mol. The molecule has 2 aromatic rings. The first kappa shape index (κ1) is 80.0. The van der Waals surface area contributed by atoms with Crippen molar-refractivity contribution in [2.24, 2.45) is 47.3 Å². The number of para-hydroxylation sites is 2. The molecule has 1 aliphatic heterocycles. The van der Waals surface area contributed by atoms with Gasteiger partial charge in [-0.25, -0.2) is 10.2 Å². The van der Waals surface area contributed by atoms with Crippen molar-refractivity contribution < 1.29 is 101 Å². The average Bonchev–Trinajstić information content (AvgIpc) is 0.788. The minimum absolute atomic E-state index is 0.0173. The van der Waals surface area contributed by atoms with Crippen LogP contribution >= 0.6 is 15.0 Å². The molecule has 97 heavy (non-hydrogen) atoms. The number of allylic oxidation sites excluding steroid dienone is 4. The number of carbonyl (C=O) groups excluding carboxylic acids is 5. The zero-order valence-corrected chi connectivity index (χ0v) is 60.1. The number of aliphatic carboxylic acids is 1. The van der Waals surface area contributed by atoms with Crippen molar-refractivity contribution in [1.29, 1.82) is 0 Å². The molecule has 0 amide bonds. The van der Waals surface area contributed by atoms with E-state index in [1.807, 2.05) is 58.1 Å². The number of nitrogens with one attached hydrogen (secondary N) is 2. The Morgan fingerprint density at radius 3 is 1.44 bits per heavy atom. The number of fused-ring (bicyclic) bond motifs is 2. The Bertz CT molecular complexity index is 3120. The number of hydrogen-bond donors (Lipinski definition) is 6. The summed E-state index contributed by atoms with van der Waals surface area (Å²) in [4.78, 5) is 74.4. The lowest BCUT2D eigenvalue weighted by Crippen LogP contribution is -2.44. The third-order valence-corrected chi connectivity index (χ3v) is 21.8. The quantitative estimate of drug-likeness (QED) is 0.0215. The van der Waals surface area contributed by atoms with E-state index in [0.717, 1.165) is 11.1 Å². The Morgan fingerprint density at radius 1 is 0.608 bits per heavy atom. The van der Waals surface area contributed by atoms with Crippen LogP contribution < -0.4 is 19.2 Å². The summed E-state index contributed by atoms with van der Waals surface area (Å²) < 4.78 is 81.3. The van der Waals surface area contributed by atoms with Crippen molar-refractivity contribution in [3.05, 3.63) is 108 Å². The second-order valence-electron chi connectivity index (χ2n) is 27.2. The molecule has 0 spiro atoms. The lowest BCUT2D eigenvalue weighted by Gasteiger charge is -2.44. The Balaban J connectivity index is 0.000000306. The van der Waals surface area contributed by atoms with Crippen molar-refractivity contribution in [2.75, 3.05) is 12.7 Å². The molecule has 5 aliphatic rings. The molecule has 0 saturated carbocycles.